The van der Waals surface area contributed by atoms with Gasteiger partial charge in [-0.1, -0.05) is 6.07 Å². The molecule has 1 aromatic carbocycles. The molecule has 1 saturated heterocycles. The SMILES string of the molecule is N#Cc1ccc(CN2CC[C@@H](N)C2)c(F)c1. The zero-order valence-corrected chi connectivity index (χ0v) is 8.99. The summed E-state index contributed by atoms with van der Waals surface area (Å²) in [7, 11) is 0. The van der Waals surface area contributed by atoms with Crippen molar-refractivity contribution in [1.29, 1.82) is 5.26 Å². The van der Waals surface area contributed by atoms with Gasteiger partial charge in [0, 0.05) is 31.2 Å². The van der Waals surface area contributed by atoms with Crippen LogP contribution < -0.4 is 5.73 Å². The number of rotatable bonds is 2. The highest BCUT2D eigenvalue weighted by molar-refractivity contribution is 5.32. The van der Waals surface area contributed by atoms with Gasteiger partial charge in [-0.25, -0.2) is 4.39 Å². The standard InChI is InChI=1S/C12H14FN3/c13-12-5-9(6-14)1-2-10(12)7-16-4-3-11(15)8-16/h1-2,5,11H,3-4,7-8,15H2/t11-/m1/s1. The van der Waals surface area contributed by atoms with Crippen LogP contribution in [0.1, 0.15) is 17.5 Å². The number of benzene rings is 1. The Bertz CT molecular complexity index is 425. The second-order valence-corrected chi connectivity index (χ2v) is 4.20. The summed E-state index contributed by atoms with van der Waals surface area (Å²) in [5.74, 6) is -0.306. The Labute approximate surface area is 94.3 Å². The molecule has 4 heteroatoms. The summed E-state index contributed by atoms with van der Waals surface area (Å²) in [5, 5.41) is 8.63. The fourth-order valence-corrected chi connectivity index (χ4v) is 1.99. The van der Waals surface area contributed by atoms with Crippen LogP contribution in [0.25, 0.3) is 0 Å². The van der Waals surface area contributed by atoms with E-state index in [-0.39, 0.29) is 11.9 Å². The van der Waals surface area contributed by atoms with Crippen LogP contribution in [0.3, 0.4) is 0 Å². The highest BCUT2D eigenvalue weighted by atomic mass is 19.1. The first-order chi connectivity index (χ1) is 7.69. The van der Waals surface area contributed by atoms with E-state index in [9.17, 15) is 4.39 Å². The van der Waals surface area contributed by atoms with E-state index >= 15 is 0 Å². The maximum atomic E-state index is 13.6. The minimum atomic E-state index is -0.306. The molecule has 1 fully saturated rings. The zero-order valence-electron chi connectivity index (χ0n) is 8.99. The summed E-state index contributed by atoms with van der Waals surface area (Å²) in [5.41, 5.74) is 6.78. The van der Waals surface area contributed by atoms with Gasteiger partial charge in [0.25, 0.3) is 0 Å². The molecule has 1 aromatic rings. The van der Waals surface area contributed by atoms with Gasteiger partial charge in [0.05, 0.1) is 11.6 Å². The molecule has 84 valence electrons. The van der Waals surface area contributed by atoms with E-state index in [1.807, 2.05) is 6.07 Å². The van der Waals surface area contributed by atoms with Crippen LogP contribution in [-0.2, 0) is 6.54 Å². The predicted molar refractivity (Wildman–Crippen MR) is 59.0 cm³/mol. The molecule has 3 nitrogen and oxygen atoms in total. The van der Waals surface area contributed by atoms with Gasteiger partial charge < -0.3 is 5.73 Å². The van der Waals surface area contributed by atoms with Crippen molar-refractivity contribution in [3.05, 3.63) is 35.1 Å². The van der Waals surface area contributed by atoms with Crippen LogP contribution in [0.2, 0.25) is 0 Å². The second-order valence-electron chi connectivity index (χ2n) is 4.20. The van der Waals surface area contributed by atoms with E-state index in [2.05, 4.69) is 4.90 Å². The summed E-state index contributed by atoms with van der Waals surface area (Å²) < 4.78 is 13.6. The van der Waals surface area contributed by atoms with Gasteiger partial charge in [-0.2, -0.15) is 5.26 Å². The van der Waals surface area contributed by atoms with Crippen molar-refractivity contribution >= 4 is 0 Å². The molecule has 0 unspecified atom stereocenters. The van der Waals surface area contributed by atoms with Gasteiger partial charge in [-0.05, 0) is 18.6 Å². The van der Waals surface area contributed by atoms with Crippen LogP contribution in [-0.4, -0.2) is 24.0 Å². The average molecular weight is 219 g/mol. The van der Waals surface area contributed by atoms with Crippen LogP contribution in [0.15, 0.2) is 18.2 Å². The minimum Gasteiger partial charge on any atom is -0.326 e. The molecule has 1 aliphatic rings. The molecule has 2 rings (SSSR count). The molecular formula is C12H14FN3. The number of halogens is 1. The summed E-state index contributed by atoms with van der Waals surface area (Å²) in [6, 6.07) is 6.74. The minimum absolute atomic E-state index is 0.210. The van der Waals surface area contributed by atoms with Gasteiger partial charge in [0.15, 0.2) is 0 Å². The molecule has 1 atom stereocenters. The first-order valence-electron chi connectivity index (χ1n) is 5.35. The Balaban J connectivity index is 2.08. The third-order valence-electron chi connectivity index (χ3n) is 2.88. The van der Waals surface area contributed by atoms with Crippen LogP contribution in [0.4, 0.5) is 4.39 Å². The Morgan fingerprint density at radius 1 is 1.56 bits per heavy atom. The van der Waals surface area contributed by atoms with Gasteiger partial charge in [0.2, 0.25) is 0 Å². The Kier molecular flexibility index (Phi) is 3.18. The lowest BCUT2D eigenvalue weighted by molar-refractivity contribution is 0.321. The maximum absolute atomic E-state index is 13.6. The largest absolute Gasteiger partial charge is 0.326 e. The quantitative estimate of drug-likeness (QED) is 0.814. The van der Waals surface area contributed by atoms with E-state index in [4.69, 9.17) is 11.0 Å². The summed E-state index contributed by atoms with van der Waals surface area (Å²) in [6.45, 7) is 2.31. The highest BCUT2D eigenvalue weighted by Gasteiger charge is 2.19. The Morgan fingerprint density at radius 2 is 2.38 bits per heavy atom. The van der Waals surface area contributed by atoms with E-state index < -0.39 is 0 Å². The number of nitrogens with zero attached hydrogens (tertiary/aromatic N) is 2. The molecule has 1 aliphatic heterocycles. The van der Waals surface area contributed by atoms with E-state index in [1.165, 1.54) is 6.07 Å². The molecule has 1 heterocycles. The summed E-state index contributed by atoms with van der Waals surface area (Å²) in [4.78, 5) is 2.13. The Hall–Kier alpha value is -1.44. The van der Waals surface area contributed by atoms with E-state index in [1.54, 1.807) is 12.1 Å². The van der Waals surface area contributed by atoms with Crippen molar-refractivity contribution in [3.63, 3.8) is 0 Å². The topological polar surface area (TPSA) is 53.0 Å². The van der Waals surface area contributed by atoms with Gasteiger partial charge >= 0.3 is 0 Å². The van der Waals surface area contributed by atoms with Crippen molar-refractivity contribution in [1.82, 2.24) is 4.90 Å². The lowest BCUT2D eigenvalue weighted by Crippen LogP contribution is -2.26. The van der Waals surface area contributed by atoms with Crippen LogP contribution >= 0.6 is 0 Å². The molecule has 0 spiro atoms. The molecule has 0 bridgehead atoms. The number of hydrogen-bond acceptors (Lipinski definition) is 3. The molecule has 2 N–H and O–H groups in total. The molecular weight excluding hydrogens is 205 g/mol. The van der Waals surface area contributed by atoms with Crippen molar-refractivity contribution in [2.24, 2.45) is 5.73 Å². The monoisotopic (exact) mass is 219 g/mol. The van der Waals surface area contributed by atoms with Crippen molar-refractivity contribution in [3.8, 4) is 6.07 Å². The number of nitrogens with two attached hydrogens (primary N) is 1. The third-order valence-corrected chi connectivity index (χ3v) is 2.88. The first-order valence-corrected chi connectivity index (χ1v) is 5.35. The molecule has 0 aliphatic carbocycles. The molecule has 0 saturated carbocycles. The maximum Gasteiger partial charge on any atom is 0.129 e. The summed E-state index contributed by atoms with van der Waals surface area (Å²) >= 11 is 0. The molecule has 0 radical (unpaired) electrons. The number of nitriles is 1. The fourth-order valence-electron chi connectivity index (χ4n) is 1.99. The highest BCUT2D eigenvalue weighted by Crippen LogP contribution is 2.15. The zero-order chi connectivity index (χ0) is 11.5. The van der Waals surface area contributed by atoms with E-state index in [0.717, 1.165) is 19.5 Å². The third kappa shape index (κ3) is 2.38. The predicted octanol–water partition coefficient (Wildman–Crippen LogP) is 1.23. The van der Waals surface area contributed by atoms with Crippen LogP contribution in [0.5, 0.6) is 0 Å². The second kappa shape index (κ2) is 4.60. The van der Waals surface area contributed by atoms with Gasteiger partial charge in [-0.15, -0.1) is 0 Å². The van der Waals surface area contributed by atoms with E-state index in [0.29, 0.717) is 17.7 Å². The smallest absolute Gasteiger partial charge is 0.129 e. The van der Waals surface area contributed by atoms with Gasteiger partial charge in [-0.3, -0.25) is 4.90 Å². The first kappa shape index (κ1) is 11.1. The number of hydrogen-bond donors (Lipinski definition) is 1. The molecule has 16 heavy (non-hydrogen) atoms. The molecule has 0 amide bonds. The summed E-state index contributed by atoms with van der Waals surface area (Å²) in [6.07, 6.45) is 0.970. The lowest BCUT2D eigenvalue weighted by atomic mass is 10.1. The van der Waals surface area contributed by atoms with Crippen molar-refractivity contribution in [2.75, 3.05) is 13.1 Å². The number of likely N-dealkylation sites (tertiary alicyclic amines) is 1. The van der Waals surface area contributed by atoms with Crippen LogP contribution in [0, 0.1) is 17.1 Å². The average Bonchev–Trinajstić information content (AvgIpc) is 2.67. The fraction of sp³-hybridized carbons (Fsp3) is 0.417. The Morgan fingerprint density at radius 3 is 2.94 bits per heavy atom. The normalized spacial score (nSPS) is 20.9. The molecule has 0 aromatic heterocycles. The van der Waals surface area contributed by atoms with Gasteiger partial charge in [0.1, 0.15) is 5.82 Å². The lowest BCUT2D eigenvalue weighted by Gasteiger charge is -2.15. The van der Waals surface area contributed by atoms with Crippen molar-refractivity contribution < 1.29 is 4.39 Å². The van der Waals surface area contributed by atoms with Crippen molar-refractivity contribution in [2.45, 2.75) is 19.0 Å².